The molecular formula is C15H21BrFNO. The van der Waals surface area contributed by atoms with Crippen LogP contribution in [0.3, 0.4) is 0 Å². The Morgan fingerprint density at radius 1 is 1.37 bits per heavy atom. The molecule has 1 aromatic rings. The molecule has 0 bridgehead atoms. The molecule has 0 aromatic heterocycles. The van der Waals surface area contributed by atoms with Crippen LogP contribution in [0.5, 0.6) is 0 Å². The van der Waals surface area contributed by atoms with Crippen molar-refractivity contribution in [2.24, 2.45) is 11.7 Å². The second-order valence-electron chi connectivity index (χ2n) is 6.47. The standard InChI is InChI=1S/C15H21BrFNO/c1-14(2)8-11(15(3,4)19-14)13(18)10-7-9(17)5-6-12(10)16/h5-7,11,13H,8,18H2,1-4H3. The minimum absolute atomic E-state index is 0.153. The summed E-state index contributed by atoms with van der Waals surface area (Å²) in [4.78, 5) is 0. The predicted octanol–water partition coefficient (Wildman–Crippen LogP) is 4.18. The van der Waals surface area contributed by atoms with Crippen molar-refractivity contribution < 1.29 is 9.13 Å². The van der Waals surface area contributed by atoms with Gasteiger partial charge in [-0.2, -0.15) is 0 Å². The molecule has 1 aromatic carbocycles. The molecule has 2 atom stereocenters. The van der Waals surface area contributed by atoms with Crippen LogP contribution in [0.2, 0.25) is 0 Å². The predicted molar refractivity (Wildman–Crippen MR) is 78.4 cm³/mol. The summed E-state index contributed by atoms with van der Waals surface area (Å²) < 4.78 is 20.4. The molecule has 0 aliphatic carbocycles. The number of nitrogens with two attached hydrogens (primary N) is 1. The van der Waals surface area contributed by atoms with Crippen LogP contribution in [0.4, 0.5) is 4.39 Å². The molecule has 0 saturated carbocycles. The van der Waals surface area contributed by atoms with E-state index in [2.05, 4.69) is 43.6 Å². The van der Waals surface area contributed by atoms with Gasteiger partial charge >= 0.3 is 0 Å². The van der Waals surface area contributed by atoms with Crippen LogP contribution in [0, 0.1) is 11.7 Å². The molecule has 2 N–H and O–H groups in total. The van der Waals surface area contributed by atoms with Gasteiger partial charge in [-0.05, 0) is 57.9 Å². The van der Waals surface area contributed by atoms with Gasteiger partial charge in [0.25, 0.3) is 0 Å². The molecule has 2 rings (SSSR count). The first kappa shape index (κ1) is 14.9. The van der Waals surface area contributed by atoms with Gasteiger partial charge in [-0.15, -0.1) is 0 Å². The van der Waals surface area contributed by atoms with Crippen molar-refractivity contribution in [1.82, 2.24) is 0 Å². The Balaban J connectivity index is 2.34. The van der Waals surface area contributed by atoms with Crippen LogP contribution in [-0.4, -0.2) is 11.2 Å². The lowest BCUT2D eigenvalue weighted by atomic mass is 9.79. The number of ether oxygens (including phenoxy) is 1. The Bertz CT molecular complexity index is 487. The van der Waals surface area contributed by atoms with E-state index in [1.54, 1.807) is 6.07 Å². The summed E-state index contributed by atoms with van der Waals surface area (Å²) in [6.07, 6.45) is 0.865. The smallest absolute Gasteiger partial charge is 0.123 e. The lowest BCUT2D eigenvalue weighted by Gasteiger charge is -2.31. The van der Waals surface area contributed by atoms with E-state index in [1.165, 1.54) is 12.1 Å². The first-order valence-electron chi connectivity index (χ1n) is 6.53. The van der Waals surface area contributed by atoms with E-state index in [0.29, 0.717) is 0 Å². The summed E-state index contributed by atoms with van der Waals surface area (Å²) in [5, 5.41) is 0. The first-order chi connectivity index (χ1) is 8.62. The largest absolute Gasteiger partial charge is 0.369 e. The first-order valence-corrected chi connectivity index (χ1v) is 7.32. The van der Waals surface area contributed by atoms with Gasteiger partial charge < -0.3 is 10.5 Å². The van der Waals surface area contributed by atoms with E-state index in [-0.39, 0.29) is 29.0 Å². The van der Waals surface area contributed by atoms with Gasteiger partial charge in [0.05, 0.1) is 11.2 Å². The Kier molecular flexibility index (Phi) is 3.80. The third-order valence-corrected chi connectivity index (χ3v) is 4.62. The van der Waals surface area contributed by atoms with Crippen molar-refractivity contribution in [2.45, 2.75) is 51.4 Å². The fraction of sp³-hybridized carbons (Fsp3) is 0.600. The lowest BCUT2D eigenvalue weighted by molar-refractivity contribution is -0.0767. The summed E-state index contributed by atoms with van der Waals surface area (Å²) in [5.41, 5.74) is 6.70. The molecule has 106 valence electrons. The molecular weight excluding hydrogens is 309 g/mol. The molecule has 0 spiro atoms. The van der Waals surface area contributed by atoms with Crippen LogP contribution in [0.1, 0.15) is 45.7 Å². The molecule has 2 nitrogen and oxygen atoms in total. The summed E-state index contributed by atoms with van der Waals surface area (Å²) in [7, 11) is 0. The van der Waals surface area contributed by atoms with Crippen molar-refractivity contribution in [3.63, 3.8) is 0 Å². The fourth-order valence-corrected chi connectivity index (χ4v) is 3.66. The van der Waals surface area contributed by atoms with Crippen molar-refractivity contribution in [3.8, 4) is 0 Å². The normalized spacial score (nSPS) is 26.4. The van der Waals surface area contributed by atoms with E-state index in [9.17, 15) is 4.39 Å². The highest BCUT2D eigenvalue weighted by atomic mass is 79.9. The number of hydrogen-bond donors (Lipinski definition) is 1. The number of rotatable bonds is 2. The van der Waals surface area contributed by atoms with E-state index in [1.807, 2.05) is 0 Å². The molecule has 4 heteroatoms. The van der Waals surface area contributed by atoms with Gasteiger partial charge in [-0.25, -0.2) is 4.39 Å². The van der Waals surface area contributed by atoms with Crippen molar-refractivity contribution >= 4 is 15.9 Å². The summed E-state index contributed by atoms with van der Waals surface area (Å²) in [6.45, 7) is 8.25. The van der Waals surface area contributed by atoms with Crippen LogP contribution in [-0.2, 0) is 4.74 Å². The third-order valence-electron chi connectivity index (χ3n) is 3.89. The maximum Gasteiger partial charge on any atom is 0.123 e. The minimum atomic E-state index is -0.311. The number of halogens is 2. The second-order valence-corrected chi connectivity index (χ2v) is 7.32. The fourth-order valence-electron chi connectivity index (χ4n) is 3.15. The maximum atomic E-state index is 13.4. The SMILES string of the molecule is CC1(C)CC(C(N)c2cc(F)ccc2Br)C(C)(C)O1. The average Bonchev–Trinajstić information content (AvgIpc) is 2.49. The zero-order valence-electron chi connectivity index (χ0n) is 11.8. The Hall–Kier alpha value is -0.450. The molecule has 1 aliphatic heterocycles. The van der Waals surface area contributed by atoms with Gasteiger partial charge in [0.2, 0.25) is 0 Å². The van der Waals surface area contributed by atoms with Crippen LogP contribution >= 0.6 is 15.9 Å². The van der Waals surface area contributed by atoms with Crippen LogP contribution < -0.4 is 5.73 Å². The van der Waals surface area contributed by atoms with Crippen LogP contribution in [0.15, 0.2) is 22.7 Å². The molecule has 2 unspecified atom stereocenters. The summed E-state index contributed by atoms with van der Waals surface area (Å²) >= 11 is 3.46. The highest BCUT2D eigenvalue weighted by Crippen LogP contribution is 2.47. The molecule has 1 aliphatic rings. The van der Waals surface area contributed by atoms with E-state index in [4.69, 9.17) is 10.5 Å². The molecule has 19 heavy (non-hydrogen) atoms. The number of benzene rings is 1. The van der Waals surface area contributed by atoms with Gasteiger partial charge in [-0.1, -0.05) is 15.9 Å². The lowest BCUT2D eigenvalue weighted by Crippen LogP contribution is -2.36. The summed E-state index contributed by atoms with van der Waals surface area (Å²) in [5.74, 6) is -0.106. The van der Waals surface area contributed by atoms with Crippen molar-refractivity contribution in [3.05, 3.63) is 34.1 Å². The zero-order chi connectivity index (χ0) is 14.4. The van der Waals surface area contributed by atoms with Gasteiger partial charge in [0.1, 0.15) is 5.82 Å². The Morgan fingerprint density at radius 3 is 2.53 bits per heavy atom. The topological polar surface area (TPSA) is 35.2 Å². The summed E-state index contributed by atoms with van der Waals surface area (Å²) in [6, 6.07) is 4.40. The van der Waals surface area contributed by atoms with E-state index in [0.717, 1.165) is 16.5 Å². The zero-order valence-corrected chi connectivity index (χ0v) is 13.4. The quantitative estimate of drug-likeness (QED) is 0.883. The minimum Gasteiger partial charge on any atom is -0.369 e. The van der Waals surface area contributed by atoms with Crippen molar-refractivity contribution in [1.29, 1.82) is 0 Å². The van der Waals surface area contributed by atoms with Gasteiger partial charge in [-0.3, -0.25) is 0 Å². The highest BCUT2D eigenvalue weighted by Gasteiger charge is 2.48. The number of hydrogen-bond acceptors (Lipinski definition) is 2. The molecule has 1 saturated heterocycles. The Labute approximate surface area is 122 Å². The second kappa shape index (κ2) is 4.83. The molecule has 1 fully saturated rings. The third kappa shape index (κ3) is 3.01. The van der Waals surface area contributed by atoms with Gasteiger partial charge in [0, 0.05) is 16.4 Å². The monoisotopic (exact) mass is 329 g/mol. The Morgan fingerprint density at radius 2 is 2.00 bits per heavy atom. The van der Waals surface area contributed by atoms with E-state index < -0.39 is 0 Å². The highest BCUT2D eigenvalue weighted by molar-refractivity contribution is 9.10. The molecule has 1 heterocycles. The van der Waals surface area contributed by atoms with Gasteiger partial charge in [0.15, 0.2) is 0 Å². The van der Waals surface area contributed by atoms with E-state index >= 15 is 0 Å². The van der Waals surface area contributed by atoms with Crippen LogP contribution in [0.25, 0.3) is 0 Å². The van der Waals surface area contributed by atoms with Crippen molar-refractivity contribution in [2.75, 3.05) is 0 Å². The maximum absolute atomic E-state index is 13.4. The molecule has 0 amide bonds. The average molecular weight is 330 g/mol. The molecule has 0 radical (unpaired) electrons.